The molecule has 10 amide bonds. The second-order valence-electron chi connectivity index (χ2n) is 15.9. The van der Waals surface area contributed by atoms with E-state index in [1.54, 1.807) is 27.7 Å². The Morgan fingerprint density at radius 3 is 1.61 bits per heavy atom. The molecule has 0 fully saturated rings. The summed E-state index contributed by atoms with van der Waals surface area (Å²) in [6.07, 6.45) is -0.330. The highest BCUT2D eigenvalue weighted by atomic mass is 32.1. The second-order valence-corrected chi connectivity index (χ2v) is 16.3. The van der Waals surface area contributed by atoms with Gasteiger partial charge in [0.25, 0.3) is 0 Å². The number of carboxylic acid groups (broad SMARTS) is 2. The lowest BCUT2D eigenvalue weighted by molar-refractivity contribution is -0.142. The monoisotopic (exact) mass is 1000 g/mol. The predicted molar refractivity (Wildman–Crippen MR) is 247 cm³/mol. The van der Waals surface area contributed by atoms with Gasteiger partial charge in [0.15, 0.2) is 5.96 Å². The lowest BCUT2D eigenvalue weighted by atomic mass is 9.97. The van der Waals surface area contributed by atoms with Gasteiger partial charge in [-0.05, 0) is 38.5 Å². The number of carboxylic acids is 2. The molecule has 0 saturated carbocycles. The Morgan fingerprint density at radius 1 is 0.580 bits per heavy atom. The fraction of sp³-hybridized carbons (Fsp3) is 0.667. The average molecular weight is 1010 g/mol. The fourth-order valence-corrected chi connectivity index (χ4v) is 5.80. The van der Waals surface area contributed by atoms with Crippen molar-refractivity contribution in [2.24, 2.45) is 34.0 Å². The van der Waals surface area contributed by atoms with E-state index in [2.05, 4.69) is 70.8 Å². The highest BCUT2D eigenvalue weighted by Crippen LogP contribution is 2.09. The van der Waals surface area contributed by atoms with E-state index < -0.39 is 164 Å². The maximum Gasteiger partial charge on any atom is 0.325 e. The van der Waals surface area contributed by atoms with Crippen molar-refractivity contribution in [1.82, 2.24) is 53.2 Å². The molecule has 0 rings (SSSR count). The number of rotatable bonds is 32. The van der Waals surface area contributed by atoms with Crippen LogP contribution in [0.4, 0.5) is 0 Å². The number of carbonyl (C=O) groups excluding carboxylic acids is 10. The summed E-state index contributed by atoms with van der Waals surface area (Å²) in [5.41, 5.74) is 16.3. The minimum absolute atomic E-state index is 0.00187. The van der Waals surface area contributed by atoms with Crippen LogP contribution >= 0.6 is 12.6 Å². The summed E-state index contributed by atoms with van der Waals surface area (Å²) in [6, 6.07) is -10.8. The van der Waals surface area contributed by atoms with Gasteiger partial charge in [-0.1, -0.05) is 34.1 Å². The van der Waals surface area contributed by atoms with E-state index >= 15 is 0 Å². The summed E-state index contributed by atoms with van der Waals surface area (Å²) in [6.45, 7) is 5.92. The van der Waals surface area contributed by atoms with Gasteiger partial charge in [-0.2, -0.15) is 12.6 Å². The van der Waals surface area contributed by atoms with Gasteiger partial charge >= 0.3 is 11.9 Å². The second kappa shape index (κ2) is 32.0. The van der Waals surface area contributed by atoms with Crippen LogP contribution in [-0.2, 0) is 57.5 Å². The number of aliphatic imine (C=N–C) groups is 1. The molecule has 0 radical (unpaired) electrons. The van der Waals surface area contributed by atoms with Crippen molar-refractivity contribution in [2.45, 2.75) is 116 Å². The van der Waals surface area contributed by atoms with Crippen LogP contribution < -0.4 is 70.4 Å². The Kier molecular flexibility index (Phi) is 28.9. The molecule has 0 bridgehead atoms. The molecule has 0 spiro atoms. The van der Waals surface area contributed by atoms with Crippen LogP contribution in [0.3, 0.4) is 0 Å². The highest BCUT2D eigenvalue weighted by molar-refractivity contribution is 7.80. The number of carbonyl (C=O) groups is 12. The summed E-state index contributed by atoms with van der Waals surface area (Å²) in [5, 5.41) is 51.0. The highest BCUT2D eigenvalue weighted by Gasteiger charge is 2.32. The first-order valence-electron chi connectivity index (χ1n) is 21.6. The van der Waals surface area contributed by atoms with Crippen LogP contribution in [-0.4, -0.2) is 179 Å². The maximum absolute atomic E-state index is 13.4. The van der Waals surface area contributed by atoms with Crippen molar-refractivity contribution < 1.29 is 72.9 Å². The zero-order valence-corrected chi connectivity index (χ0v) is 40.1. The molecule has 0 aromatic heterocycles. The van der Waals surface area contributed by atoms with Gasteiger partial charge in [-0.3, -0.25) is 62.5 Å². The third kappa shape index (κ3) is 24.7. The number of nitrogens with one attached hydrogen (secondary N) is 10. The minimum Gasteiger partial charge on any atom is -0.481 e. The van der Waals surface area contributed by atoms with Crippen molar-refractivity contribution in [3.05, 3.63) is 0 Å². The number of amides is 10. The predicted octanol–water partition coefficient (Wildman–Crippen LogP) is -7.67. The molecule has 0 aromatic rings. The number of aliphatic hydroxyl groups is 1. The van der Waals surface area contributed by atoms with Gasteiger partial charge < -0.3 is 85.7 Å². The standard InChI is InChI=1S/C39H68N14O15S/c1-7-18(4)30(53-32(61)21(40)11-28(58)59)36(65)46-12-25(55)44-13-26(56)49-23(15-54)34(63)51-22(9-8-10-43-39(41)42)33(62)47-19(5)31(60)45-14-27(57)50-24(16-69)35(64)52-29(17(2)3)37(66)48-20(6)38(67)68/h17-24,29-30,54,69H,7-16,40H2,1-6H3,(H,44,55)(H,45,60)(H,46,65)(H,47,62)(H,48,66)(H,49,56)(H,50,57)(H,51,63)(H,52,64)(H,53,61)(H,58,59)(H,67,68)(H4,41,42,43)/t18-,19?,20-,21-,22-,23-,24-,29-,30-/m0/s1. The quantitative estimate of drug-likeness (QED) is 0.0129. The summed E-state index contributed by atoms with van der Waals surface area (Å²) >= 11 is 4.07. The summed E-state index contributed by atoms with van der Waals surface area (Å²) in [7, 11) is 0. The van der Waals surface area contributed by atoms with E-state index in [1.807, 2.05) is 0 Å². The Labute approximate surface area is 402 Å². The summed E-state index contributed by atoms with van der Waals surface area (Å²) < 4.78 is 0. The lowest BCUT2D eigenvalue weighted by Crippen LogP contribution is -2.58. The van der Waals surface area contributed by atoms with E-state index in [0.717, 1.165) is 0 Å². The number of nitrogens with two attached hydrogens (primary N) is 3. The molecular formula is C39H68N14O15S. The van der Waals surface area contributed by atoms with Gasteiger partial charge in [-0.15, -0.1) is 0 Å². The molecule has 0 aliphatic rings. The van der Waals surface area contributed by atoms with Crippen LogP contribution in [0.25, 0.3) is 0 Å². The first kappa shape index (κ1) is 62.2. The lowest BCUT2D eigenvalue weighted by Gasteiger charge is -2.25. The summed E-state index contributed by atoms with van der Waals surface area (Å²) in [5.74, 6) is -13.0. The first-order valence-corrected chi connectivity index (χ1v) is 22.2. The molecule has 0 saturated heterocycles. The number of hydrogen-bond donors (Lipinski definition) is 17. The molecule has 19 N–H and O–H groups in total. The number of thiol groups is 1. The van der Waals surface area contributed by atoms with E-state index in [9.17, 15) is 62.6 Å². The Balaban J connectivity index is 5.51. The van der Waals surface area contributed by atoms with Gasteiger partial charge in [0.1, 0.15) is 42.3 Å². The van der Waals surface area contributed by atoms with Crippen molar-refractivity contribution in [2.75, 3.05) is 38.5 Å². The zero-order chi connectivity index (χ0) is 53.1. The van der Waals surface area contributed by atoms with Crippen molar-refractivity contribution >= 4 is 89.6 Å². The van der Waals surface area contributed by atoms with E-state index in [-0.39, 0.29) is 31.1 Å². The summed E-state index contributed by atoms with van der Waals surface area (Å²) in [4.78, 5) is 154. The molecule has 390 valence electrons. The number of aliphatic carboxylic acids is 2. The van der Waals surface area contributed by atoms with E-state index in [1.165, 1.54) is 13.8 Å². The molecule has 9 atom stereocenters. The number of nitrogens with zero attached hydrogens (tertiary/aromatic N) is 1. The molecule has 30 heteroatoms. The molecule has 0 aliphatic heterocycles. The van der Waals surface area contributed by atoms with Gasteiger partial charge in [-0.25, -0.2) is 0 Å². The van der Waals surface area contributed by atoms with Crippen molar-refractivity contribution in [1.29, 1.82) is 0 Å². The molecule has 29 nitrogen and oxygen atoms in total. The molecule has 0 heterocycles. The Morgan fingerprint density at radius 2 is 1.09 bits per heavy atom. The maximum atomic E-state index is 13.4. The third-order valence-corrected chi connectivity index (χ3v) is 10.2. The van der Waals surface area contributed by atoms with Crippen LogP contribution in [0, 0.1) is 11.8 Å². The van der Waals surface area contributed by atoms with Crippen LogP contribution in [0.15, 0.2) is 4.99 Å². The number of aliphatic hydroxyl groups excluding tert-OH is 1. The van der Waals surface area contributed by atoms with Gasteiger partial charge in [0.2, 0.25) is 59.1 Å². The largest absolute Gasteiger partial charge is 0.481 e. The number of hydrogen-bond acceptors (Lipinski definition) is 16. The van der Waals surface area contributed by atoms with Crippen molar-refractivity contribution in [3.8, 4) is 0 Å². The first-order chi connectivity index (χ1) is 32.2. The van der Waals surface area contributed by atoms with Crippen LogP contribution in [0.1, 0.15) is 67.2 Å². The Hall–Kier alpha value is -6.82. The molecular weight excluding hydrogens is 937 g/mol. The minimum atomic E-state index is -1.68. The van der Waals surface area contributed by atoms with Crippen LogP contribution in [0.5, 0.6) is 0 Å². The molecule has 69 heavy (non-hydrogen) atoms. The normalized spacial score (nSPS) is 14.7. The van der Waals surface area contributed by atoms with Gasteiger partial charge in [0, 0.05) is 12.3 Å². The van der Waals surface area contributed by atoms with Crippen LogP contribution in [0.2, 0.25) is 0 Å². The average Bonchev–Trinajstić information content (AvgIpc) is 3.28. The Bertz CT molecular complexity index is 1870. The molecule has 0 aliphatic carbocycles. The molecule has 1 unspecified atom stereocenters. The zero-order valence-electron chi connectivity index (χ0n) is 39.2. The third-order valence-electron chi connectivity index (χ3n) is 9.79. The van der Waals surface area contributed by atoms with E-state index in [4.69, 9.17) is 27.4 Å². The fourth-order valence-electron chi connectivity index (χ4n) is 5.54. The van der Waals surface area contributed by atoms with Crippen molar-refractivity contribution in [3.63, 3.8) is 0 Å². The molecule has 0 aromatic carbocycles. The van der Waals surface area contributed by atoms with E-state index in [0.29, 0.717) is 6.42 Å². The topological polar surface area (TPSA) is 476 Å². The number of guanidine groups is 1. The SMILES string of the molecule is CC[C@H](C)[C@H](NC(=O)[C@@H](N)CC(=O)O)C(=O)NCC(=O)NCC(=O)N[C@@H](CO)C(=O)N[C@@H](CCCN=C(N)N)C(=O)NC(C)C(=O)NCC(=O)N[C@@H](CS)C(=O)N[C@H](C(=O)N[C@@H](C)C(=O)O)C(C)C. The smallest absolute Gasteiger partial charge is 0.325 e. The van der Waals surface area contributed by atoms with Gasteiger partial charge in [0.05, 0.1) is 38.7 Å².